The van der Waals surface area contributed by atoms with Crippen LogP contribution < -0.4 is 0 Å². The Labute approximate surface area is 88.9 Å². The van der Waals surface area contributed by atoms with Crippen molar-refractivity contribution < 1.29 is 14.6 Å². The lowest BCUT2D eigenvalue weighted by atomic mass is 10.1. The Bertz CT molecular complexity index is 374. The van der Waals surface area contributed by atoms with Crippen molar-refractivity contribution in [2.24, 2.45) is 0 Å². The van der Waals surface area contributed by atoms with E-state index >= 15 is 0 Å². The van der Waals surface area contributed by atoms with Crippen LogP contribution in [-0.2, 0) is 17.8 Å². The standard InChI is InChI=1S/C11H15NO3/c1-4-10-9(11(13)14)5-8(6-15-3)7(2)12-10/h5H,4,6H2,1-3H3,(H,13,14). The molecule has 0 saturated heterocycles. The molecular weight excluding hydrogens is 194 g/mol. The molecule has 15 heavy (non-hydrogen) atoms. The molecule has 0 aromatic carbocycles. The lowest BCUT2D eigenvalue weighted by molar-refractivity contribution is 0.0694. The number of nitrogens with zero attached hydrogens (tertiary/aromatic N) is 1. The third kappa shape index (κ3) is 2.53. The first-order valence-electron chi connectivity index (χ1n) is 4.81. The minimum Gasteiger partial charge on any atom is -0.478 e. The number of rotatable bonds is 4. The number of carbonyl (C=O) groups is 1. The van der Waals surface area contributed by atoms with Crippen LogP contribution in [0.4, 0.5) is 0 Å². The van der Waals surface area contributed by atoms with Gasteiger partial charge in [-0.1, -0.05) is 6.92 Å². The Kier molecular flexibility index (Phi) is 3.80. The van der Waals surface area contributed by atoms with Gasteiger partial charge in [0, 0.05) is 12.8 Å². The molecule has 1 aromatic heterocycles. The zero-order chi connectivity index (χ0) is 11.4. The molecule has 0 bridgehead atoms. The summed E-state index contributed by atoms with van der Waals surface area (Å²) < 4.78 is 4.98. The number of carboxylic acids is 1. The van der Waals surface area contributed by atoms with Crippen LogP contribution in [0, 0.1) is 6.92 Å². The summed E-state index contributed by atoms with van der Waals surface area (Å²) in [5, 5.41) is 9.00. The van der Waals surface area contributed by atoms with Crippen LogP contribution in [0.25, 0.3) is 0 Å². The third-order valence-corrected chi connectivity index (χ3v) is 2.26. The van der Waals surface area contributed by atoms with E-state index in [1.807, 2.05) is 13.8 Å². The van der Waals surface area contributed by atoms with E-state index in [1.54, 1.807) is 13.2 Å². The second kappa shape index (κ2) is 4.89. The second-order valence-electron chi connectivity index (χ2n) is 3.32. The Morgan fingerprint density at radius 3 is 2.73 bits per heavy atom. The van der Waals surface area contributed by atoms with E-state index < -0.39 is 5.97 Å². The van der Waals surface area contributed by atoms with Crippen molar-refractivity contribution in [1.29, 1.82) is 0 Å². The molecular formula is C11H15NO3. The van der Waals surface area contributed by atoms with Crippen molar-refractivity contribution in [3.05, 3.63) is 28.6 Å². The Balaban J connectivity index is 3.23. The van der Waals surface area contributed by atoms with Gasteiger partial charge in [0.15, 0.2) is 0 Å². The molecule has 0 saturated carbocycles. The lowest BCUT2D eigenvalue weighted by Crippen LogP contribution is -2.08. The van der Waals surface area contributed by atoms with Gasteiger partial charge in [-0.15, -0.1) is 0 Å². The maximum atomic E-state index is 11.0. The van der Waals surface area contributed by atoms with Crippen molar-refractivity contribution in [3.8, 4) is 0 Å². The van der Waals surface area contributed by atoms with Gasteiger partial charge in [0.05, 0.1) is 17.9 Å². The molecule has 1 aromatic rings. The molecule has 82 valence electrons. The summed E-state index contributed by atoms with van der Waals surface area (Å²) in [6.07, 6.45) is 0.621. The number of hydrogen-bond donors (Lipinski definition) is 1. The summed E-state index contributed by atoms with van der Waals surface area (Å²) in [5.74, 6) is -0.934. The number of aromatic nitrogens is 1. The molecule has 1 heterocycles. The fraction of sp³-hybridized carbons (Fsp3) is 0.455. The summed E-state index contributed by atoms with van der Waals surface area (Å²) in [4.78, 5) is 15.2. The first-order valence-corrected chi connectivity index (χ1v) is 4.81. The largest absolute Gasteiger partial charge is 0.478 e. The highest BCUT2D eigenvalue weighted by molar-refractivity contribution is 5.89. The highest BCUT2D eigenvalue weighted by Gasteiger charge is 2.13. The molecule has 0 unspecified atom stereocenters. The predicted molar refractivity (Wildman–Crippen MR) is 56.0 cm³/mol. The molecule has 0 amide bonds. The van der Waals surface area contributed by atoms with Gasteiger partial charge >= 0.3 is 5.97 Å². The topological polar surface area (TPSA) is 59.4 Å². The van der Waals surface area contributed by atoms with E-state index in [0.29, 0.717) is 18.7 Å². The van der Waals surface area contributed by atoms with Crippen LogP contribution in [0.5, 0.6) is 0 Å². The van der Waals surface area contributed by atoms with E-state index in [-0.39, 0.29) is 5.56 Å². The summed E-state index contributed by atoms with van der Waals surface area (Å²) in [7, 11) is 1.58. The quantitative estimate of drug-likeness (QED) is 0.821. The van der Waals surface area contributed by atoms with Gasteiger partial charge in [-0.2, -0.15) is 0 Å². The number of pyridine rings is 1. The summed E-state index contributed by atoms with van der Waals surface area (Å²) in [6, 6.07) is 1.65. The average molecular weight is 209 g/mol. The monoisotopic (exact) mass is 209 g/mol. The smallest absolute Gasteiger partial charge is 0.337 e. The molecule has 0 fully saturated rings. The van der Waals surface area contributed by atoms with E-state index in [4.69, 9.17) is 9.84 Å². The van der Waals surface area contributed by atoms with Gasteiger partial charge in [-0.25, -0.2) is 4.79 Å². The average Bonchev–Trinajstić information content (AvgIpc) is 2.20. The molecule has 0 atom stereocenters. The van der Waals surface area contributed by atoms with Crippen molar-refractivity contribution in [1.82, 2.24) is 4.98 Å². The molecule has 0 radical (unpaired) electrons. The fourth-order valence-corrected chi connectivity index (χ4v) is 1.45. The minimum atomic E-state index is -0.934. The molecule has 4 heteroatoms. The summed E-state index contributed by atoms with van der Waals surface area (Å²) in [5.41, 5.74) is 2.56. The van der Waals surface area contributed by atoms with Crippen LogP contribution in [0.3, 0.4) is 0 Å². The van der Waals surface area contributed by atoms with Crippen LogP contribution in [0.1, 0.15) is 34.2 Å². The normalized spacial score (nSPS) is 10.3. The maximum absolute atomic E-state index is 11.0. The number of aromatic carboxylic acids is 1. The maximum Gasteiger partial charge on any atom is 0.337 e. The van der Waals surface area contributed by atoms with Crippen molar-refractivity contribution in [2.75, 3.05) is 7.11 Å². The van der Waals surface area contributed by atoms with Crippen molar-refractivity contribution >= 4 is 5.97 Å². The van der Waals surface area contributed by atoms with Crippen LogP contribution in [-0.4, -0.2) is 23.2 Å². The first kappa shape index (κ1) is 11.7. The molecule has 1 N–H and O–H groups in total. The van der Waals surface area contributed by atoms with Crippen LogP contribution in [0.2, 0.25) is 0 Å². The molecule has 0 aliphatic heterocycles. The first-order chi connectivity index (χ1) is 7.10. The Morgan fingerprint density at radius 1 is 1.60 bits per heavy atom. The number of carboxylic acid groups (broad SMARTS) is 1. The SMILES string of the molecule is CCc1nc(C)c(COC)cc1C(=O)O. The lowest BCUT2D eigenvalue weighted by Gasteiger charge is -2.09. The number of methoxy groups -OCH3 is 1. The highest BCUT2D eigenvalue weighted by Crippen LogP contribution is 2.14. The molecule has 0 spiro atoms. The number of aryl methyl sites for hydroxylation is 2. The number of hydrogen-bond acceptors (Lipinski definition) is 3. The molecule has 0 aliphatic rings. The third-order valence-electron chi connectivity index (χ3n) is 2.26. The van der Waals surface area contributed by atoms with Gasteiger partial charge in [-0.05, 0) is 25.0 Å². The Morgan fingerprint density at radius 2 is 2.27 bits per heavy atom. The van der Waals surface area contributed by atoms with Crippen molar-refractivity contribution in [3.63, 3.8) is 0 Å². The predicted octanol–water partition coefficient (Wildman–Crippen LogP) is 1.80. The fourth-order valence-electron chi connectivity index (χ4n) is 1.45. The molecule has 4 nitrogen and oxygen atoms in total. The van der Waals surface area contributed by atoms with Crippen molar-refractivity contribution in [2.45, 2.75) is 26.9 Å². The Hall–Kier alpha value is -1.42. The van der Waals surface area contributed by atoms with Gasteiger partial charge < -0.3 is 9.84 Å². The van der Waals surface area contributed by atoms with Gasteiger partial charge in [0.25, 0.3) is 0 Å². The summed E-state index contributed by atoms with van der Waals surface area (Å²) in [6.45, 7) is 4.15. The second-order valence-corrected chi connectivity index (χ2v) is 3.32. The van der Waals surface area contributed by atoms with E-state index in [1.165, 1.54) is 0 Å². The minimum absolute atomic E-state index is 0.273. The zero-order valence-electron chi connectivity index (χ0n) is 9.20. The van der Waals surface area contributed by atoms with Crippen LogP contribution in [0.15, 0.2) is 6.07 Å². The van der Waals surface area contributed by atoms with E-state index in [0.717, 1.165) is 11.3 Å². The highest BCUT2D eigenvalue weighted by atomic mass is 16.5. The van der Waals surface area contributed by atoms with Crippen LogP contribution >= 0.6 is 0 Å². The zero-order valence-corrected chi connectivity index (χ0v) is 9.20. The number of ether oxygens (including phenoxy) is 1. The van der Waals surface area contributed by atoms with Gasteiger partial charge in [-0.3, -0.25) is 4.98 Å². The summed E-state index contributed by atoms with van der Waals surface area (Å²) >= 11 is 0. The molecule has 1 rings (SSSR count). The molecule has 0 aliphatic carbocycles. The van der Waals surface area contributed by atoms with Gasteiger partial charge in [0.2, 0.25) is 0 Å². The van der Waals surface area contributed by atoms with Gasteiger partial charge in [0.1, 0.15) is 0 Å². The van der Waals surface area contributed by atoms with E-state index in [2.05, 4.69) is 4.98 Å². The van der Waals surface area contributed by atoms with E-state index in [9.17, 15) is 4.79 Å².